The highest BCUT2D eigenvalue weighted by Gasteiger charge is 1.97. The lowest BCUT2D eigenvalue weighted by Gasteiger charge is -2.05. The highest BCUT2D eigenvalue weighted by Crippen LogP contribution is 2.22. The minimum atomic E-state index is 0.950. The first-order valence-corrected chi connectivity index (χ1v) is 7.18. The first kappa shape index (κ1) is 13.1. The summed E-state index contributed by atoms with van der Waals surface area (Å²) < 4.78 is 0. The van der Waals surface area contributed by atoms with Gasteiger partial charge in [0.25, 0.3) is 0 Å². The average molecular weight is 258 g/mol. The third-order valence-corrected chi connectivity index (χ3v) is 3.74. The van der Waals surface area contributed by atoms with Crippen LogP contribution in [0.3, 0.4) is 0 Å². The minimum absolute atomic E-state index is 0.950. The van der Waals surface area contributed by atoms with Crippen LogP contribution in [0.15, 0.2) is 53.7 Å². The Bertz CT molecular complexity index is 454. The fourth-order valence-corrected chi connectivity index (χ4v) is 2.47. The van der Waals surface area contributed by atoms with Crippen LogP contribution in [0.2, 0.25) is 0 Å². The lowest BCUT2D eigenvalue weighted by Crippen LogP contribution is -2.11. The summed E-state index contributed by atoms with van der Waals surface area (Å²) in [7, 11) is 0. The number of hydrogen-bond donors (Lipinski definition) is 1. The summed E-state index contributed by atoms with van der Waals surface area (Å²) in [6.45, 7) is 4.09. The molecule has 0 bridgehead atoms. The highest BCUT2D eigenvalue weighted by molar-refractivity contribution is 7.98. The second-order valence-corrected chi connectivity index (χ2v) is 5.12. The Morgan fingerprint density at radius 3 is 2.39 bits per heavy atom. The van der Waals surface area contributed by atoms with E-state index in [2.05, 4.69) is 53.6 Å². The summed E-state index contributed by atoms with van der Waals surface area (Å²) in [5, 5.41) is 3.33. The molecular weight excluding hydrogens is 240 g/mol. The number of rotatable bonds is 6. The molecular formula is C15H18N2S. The quantitative estimate of drug-likeness (QED) is 0.803. The maximum absolute atomic E-state index is 4.02. The second kappa shape index (κ2) is 7.19. The number of nitrogens with one attached hydrogen (secondary N) is 1. The van der Waals surface area contributed by atoms with E-state index in [9.17, 15) is 0 Å². The molecule has 0 aliphatic carbocycles. The van der Waals surface area contributed by atoms with Crippen LogP contribution in [0.5, 0.6) is 0 Å². The number of aromatic nitrogens is 1. The molecule has 0 radical (unpaired) electrons. The van der Waals surface area contributed by atoms with Gasteiger partial charge in [-0.25, -0.2) is 0 Å². The Kier molecular flexibility index (Phi) is 5.24. The number of benzene rings is 1. The summed E-state index contributed by atoms with van der Waals surface area (Å²) in [6.07, 6.45) is 3.69. The summed E-state index contributed by atoms with van der Waals surface area (Å²) in [5.41, 5.74) is 2.65. The number of hydrogen-bond acceptors (Lipinski definition) is 3. The lowest BCUT2D eigenvalue weighted by molar-refractivity contribution is 0.726. The molecule has 94 valence electrons. The normalized spacial score (nSPS) is 10.5. The van der Waals surface area contributed by atoms with E-state index in [1.165, 1.54) is 16.0 Å². The van der Waals surface area contributed by atoms with Gasteiger partial charge in [-0.3, -0.25) is 4.98 Å². The van der Waals surface area contributed by atoms with Crippen molar-refractivity contribution >= 4 is 11.8 Å². The van der Waals surface area contributed by atoms with Crippen molar-refractivity contribution in [2.75, 3.05) is 6.54 Å². The monoisotopic (exact) mass is 258 g/mol. The predicted octanol–water partition coefficient (Wildman–Crippen LogP) is 3.48. The van der Waals surface area contributed by atoms with Crippen molar-refractivity contribution in [3.63, 3.8) is 0 Å². The van der Waals surface area contributed by atoms with Crippen molar-refractivity contribution in [3.05, 3.63) is 59.9 Å². The largest absolute Gasteiger partial charge is 0.313 e. The molecule has 18 heavy (non-hydrogen) atoms. The zero-order valence-corrected chi connectivity index (χ0v) is 11.4. The fourth-order valence-electron chi connectivity index (χ4n) is 1.62. The van der Waals surface area contributed by atoms with E-state index in [-0.39, 0.29) is 0 Å². The molecule has 0 saturated heterocycles. The van der Waals surface area contributed by atoms with E-state index in [0.717, 1.165) is 18.8 Å². The Labute approximate surface area is 113 Å². The van der Waals surface area contributed by atoms with Crippen molar-refractivity contribution in [1.29, 1.82) is 0 Å². The molecule has 0 saturated carbocycles. The molecule has 0 aliphatic rings. The molecule has 0 aliphatic heterocycles. The molecule has 1 N–H and O–H groups in total. The van der Waals surface area contributed by atoms with Crippen LogP contribution in [-0.2, 0) is 12.3 Å². The molecule has 0 spiro atoms. The van der Waals surface area contributed by atoms with Gasteiger partial charge in [-0.05, 0) is 41.9 Å². The summed E-state index contributed by atoms with van der Waals surface area (Å²) in [4.78, 5) is 5.34. The summed E-state index contributed by atoms with van der Waals surface area (Å²) in [6, 6.07) is 12.9. The lowest BCUT2D eigenvalue weighted by atomic mass is 10.2. The fraction of sp³-hybridized carbons (Fsp3) is 0.267. The molecule has 2 aromatic rings. The number of nitrogens with zero attached hydrogens (tertiary/aromatic N) is 1. The molecule has 0 atom stereocenters. The van der Waals surface area contributed by atoms with Crippen molar-refractivity contribution in [1.82, 2.24) is 10.3 Å². The van der Waals surface area contributed by atoms with Gasteiger partial charge in [0, 0.05) is 29.6 Å². The van der Waals surface area contributed by atoms with Gasteiger partial charge >= 0.3 is 0 Å². The Hall–Kier alpha value is -1.32. The molecule has 0 unspecified atom stereocenters. The van der Waals surface area contributed by atoms with Gasteiger partial charge in [0.05, 0.1) is 0 Å². The van der Waals surface area contributed by atoms with Crippen LogP contribution in [-0.4, -0.2) is 11.5 Å². The van der Waals surface area contributed by atoms with Crippen LogP contribution < -0.4 is 5.32 Å². The molecule has 1 aromatic carbocycles. The Morgan fingerprint density at radius 2 is 1.72 bits per heavy atom. The van der Waals surface area contributed by atoms with E-state index >= 15 is 0 Å². The van der Waals surface area contributed by atoms with Gasteiger partial charge < -0.3 is 5.32 Å². The van der Waals surface area contributed by atoms with E-state index in [4.69, 9.17) is 0 Å². The second-order valence-electron chi connectivity index (χ2n) is 4.07. The highest BCUT2D eigenvalue weighted by atomic mass is 32.2. The number of pyridine rings is 1. The first-order valence-electron chi connectivity index (χ1n) is 6.20. The Morgan fingerprint density at radius 1 is 1.00 bits per heavy atom. The summed E-state index contributed by atoms with van der Waals surface area (Å²) >= 11 is 1.86. The van der Waals surface area contributed by atoms with E-state index < -0.39 is 0 Å². The van der Waals surface area contributed by atoms with Crippen molar-refractivity contribution in [2.45, 2.75) is 24.1 Å². The topological polar surface area (TPSA) is 24.9 Å². The van der Waals surface area contributed by atoms with Crippen molar-refractivity contribution in [2.24, 2.45) is 0 Å². The van der Waals surface area contributed by atoms with Gasteiger partial charge in [-0.15, -0.1) is 11.8 Å². The molecule has 0 fully saturated rings. The molecule has 3 heteroatoms. The smallest absolute Gasteiger partial charge is 0.0270 e. The predicted molar refractivity (Wildman–Crippen MR) is 77.6 cm³/mol. The third-order valence-electron chi connectivity index (χ3n) is 2.66. The van der Waals surface area contributed by atoms with Gasteiger partial charge in [0.2, 0.25) is 0 Å². The summed E-state index contributed by atoms with van der Waals surface area (Å²) in [5.74, 6) is 0.995. The molecule has 1 aromatic heterocycles. The molecule has 2 rings (SSSR count). The molecule has 1 heterocycles. The molecule has 2 nitrogen and oxygen atoms in total. The maximum Gasteiger partial charge on any atom is 0.0270 e. The van der Waals surface area contributed by atoms with Crippen LogP contribution >= 0.6 is 11.8 Å². The van der Waals surface area contributed by atoms with Crippen LogP contribution in [0, 0.1) is 0 Å². The zero-order valence-electron chi connectivity index (χ0n) is 10.6. The standard InChI is InChI=1S/C15H18N2S/c1-2-16-11-13-3-5-15(6-4-13)18-12-14-7-9-17-10-8-14/h3-10,16H,2,11-12H2,1H3. The van der Waals surface area contributed by atoms with Crippen LogP contribution in [0.4, 0.5) is 0 Å². The van der Waals surface area contributed by atoms with Gasteiger partial charge in [0.1, 0.15) is 0 Å². The average Bonchev–Trinajstić information content (AvgIpc) is 2.45. The van der Waals surface area contributed by atoms with Gasteiger partial charge in [-0.1, -0.05) is 19.1 Å². The van der Waals surface area contributed by atoms with E-state index in [1.54, 1.807) is 0 Å². The first-order chi connectivity index (χ1) is 8.88. The van der Waals surface area contributed by atoms with Crippen molar-refractivity contribution in [3.8, 4) is 0 Å². The van der Waals surface area contributed by atoms with E-state index in [1.807, 2.05) is 24.2 Å². The van der Waals surface area contributed by atoms with E-state index in [0.29, 0.717) is 0 Å². The minimum Gasteiger partial charge on any atom is -0.313 e. The van der Waals surface area contributed by atoms with Crippen molar-refractivity contribution < 1.29 is 0 Å². The molecule has 0 amide bonds. The zero-order chi connectivity index (χ0) is 12.6. The van der Waals surface area contributed by atoms with Gasteiger partial charge in [-0.2, -0.15) is 0 Å². The number of thioether (sulfide) groups is 1. The maximum atomic E-state index is 4.02. The van der Waals surface area contributed by atoms with Crippen LogP contribution in [0.25, 0.3) is 0 Å². The SMILES string of the molecule is CCNCc1ccc(SCc2ccncc2)cc1. The van der Waals surface area contributed by atoms with Crippen LogP contribution in [0.1, 0.15) is 18.1 Å². The Balaban J connectivity index is 1.86. The van der Waals surface area contributed by atoms with Gasteiger partial charge in [0.15, 0.2) is 0 Å². The third kappa shape index (κ3) is 4.17.